The van der Waals surface area contributed by atoms with Gasteiger partial charge in [-0.1, -0.05) is 6.42 Å². The lowest BCUT2D eigenvalue weighted by Gasteiger charge is -2.17. The third-order valence-corrected chi connectivity index (χ3v) is 3.31. The van der Waals surface area contributed by atoms with Gasteiger partial charge in [0.1, 0.15) is 0 Å². The first-order chi connectivity index (χ1) is 9.59. The monoisotopic (exact) mass is 286 g/mol. The van der Waals surface area contributed by atoms with Gasteiger partial charge >= 0.3 is 12.0 Å². The van der Waals surface area contributed by atoms with Crippen LogP contribution in [0.1, 0.15) is 38.5 Å². The first kappa shape index (κ1) is 16.8. The van der Waals surface area contributed by atoms with Crippen LogP contribution in [-0.4, -0.2) is 55.4 Å². The van der Waals surface area contributed by atoms with Crippen LogP contribution in [0, 0.1) is 5.92 Å². The van der Waals surface area contributed by atoms with Crippen molar-refractivity contribution < 1.29 is 19.4 Å². The largest absolute Gasteiger partial charge is 0.481 e. The summed E-state index contributed by atoms with van der Waals surface area (Å²) in [5, 5.41) is 11.3. The molecule has 0 spiro atoms. The average molecular weight is 286 g/mol. The van der Waals surface area contributed by atoms with Gasteiger partial charge in [-0.3, -0.25) is 4.79 Å². The van der Waals surface area contributed by atoms with Crippen LogP contribution >= 0.6 is 0 Å². The normalized spacial score (nSPS) is 14.1. The molecule has 2 amide bonds. The van der Waals surface area contributed by atoms with E-state index in [1.165, 1.54) is 12.8 Å². The second kappa shape index (κ2) is 9.58. The van der Waals surface area contributed by atoms with E-state index in [1.807, 2.05) is 0 Å². The van der Waals surface area contributed by atoms with Gasteiger partial charge in [0.15, 0.2) is 0 Å². The minimum absolute atomic E-state index is 0.0988. The SMILES string of the molecule is CN(CCOCC1CC1)C(=O)NCCCCCC(=O)O. The Labute approximate surface area is 120 Å². The van der Waals surface area contributed by atoms with Gasteiger partial charge in [0, 0.05) is 33.2 Å². The Morgan fingerprint density at radius 3 is 2.70 bits per heavy atom. The fraction of sp³-hybridized carbons (Fsp3) is 0.857. The van der Waals surface area contributed by atoms with E-state index in [4.69, 9.17) is 9.84 Å². The number of carboxylic acids is 1. The number of nitrogens with zero attached hydrogens (tertiary/aromatic N) is 1. The van der Waals surface area contributed by atoms with Crippen molar-refractivity contribution in [1.29, 1.82) is 0 Å². The molecule has 0 aromatic carbocycles. The summed E-state index contributed by atoms with van der Waals surface area (Å²) in [7, 11) is 1.75. The van der Waals surface area contributed by atoms with Crippen molar-refractivity contribution in [3.63, 3.8) is 0 Å². The lowest BCUT2D eigenvalue weighted by Crippen LogP contribution is -2.39. The maximum absolute atomic E-state index is 11.7. The molecule has 2 N–H and O–H groups in total. The number of carboxylic acid groups (broad SMARTS) is 1. The fourth-order valence-electron chi connectivity index (χ4n) is 1.75. The van der Waals surface area contributed by atoms with Crippen LogP contribution in [0.4, 0.5) is 4.79 Å². The average Bonchev–Trinajstić information content (AvgIpc) is 3.22. The van der Waals surface area contributed by atoms with Gasteiger partial charge in [-0.15, -0.1) is 0 Å². The van der Waals surface area contributed by atoms with Crippen molar-refractivity contribution >= 4 is 12.0 Å². The summed E-state index contributed by atoms with van der Waals surface area (Å²) in [6, 6.07) is -0.0988. The Kier molecular flexibility index (Phi) is 8.02. The number of amides is 2. The molecule has 116 valence electrons. The highest BCUT2D eigenvalue weighted by atomic mass is 16.5. The Balaban J connectivity index is 1.90. The minimum atomic E-state index is -0.764. The number of aliphatic carboxylic acids is 1. The predicted octanol–water partition coefficient (Wildman–Crippen LogP) is 1.70. The molecule has 0 aliphatic heterocycles. The molecule has 1 fully saturated rings. The summed E-state index contributed by atoms with van der Waals surface area (Å²) in [5.74, 6) is -0.0140. The van der Waals surface area contributed by atoms with Gasteiger partial charge in [-0.25, -0.2) is 4.79 Å². The van der Waals surface area contributed by atoms with Gasteiger partial charge < -0.3 is 20.1 Å². The van der Waals surface area contributed by atoms with Gasteiger partial charge in [0.05, 0.1) is 6.61 Å². The highest BCUT2D eigenvalue weighted by Gasteiger charge is 2.21. The number of likely N-dealkylation sites (N-methyl/N-ethyl adjacent to an activating group) is 1. The van der Waals surface area contributed by atoms with E-state index in [0.29, 0.717) is 26.1 Å². The zero-order valence-electron chi connectivity index (χ0n) is 12.3. The molecule has 20 heavy (non-hydrogen) atoms. The lowest BCUT2D eigenvalue weighted by atomic mass is 10.2. The van der Waals surface area contributed by atoms with Crippen molar-refractivity contribution in [2.75, 3.05) is 33.4 Å². The highest BCUT2D eigenvalue weighted by molar-refractivity contribution is 5.73. The quantitative estimate of drug-likeness (QED) is 0.567. The van der Waals surface area contributed by atoms with Gasteiger partial charge in [-0.05, 0) is 31.6 Å². The number of hydrogen-bond acceptors (Lipinski definition) is 3. The molecule has 0 bridgehead atoms. The van der Waals surface area contributed by atoms with Gasteiger partial charge in [0.25, 0.3) is 0 Å². The lowest BCUT2D eigenvalue weighted by molar-refractivity contribution is -0.137. The van der Waals surface area contributed by atoms with Crippen molar-refractivity contribution in [3.8, 4) is 0 Å². The van der Waals surface area contributed by atoms with Gasteiger partial charge in [0.2, 0.25) is 0 Å². The van der Waals surface area contributed by atoms with Crippen LogP contribution in [0.25, 0.3) is 0 Å². The molecule has 0 aromatic rings. The number of hydrogen-bond donors (Lipinski definition) is 2. The summed E-state index contributed by atoms with van der Waals surface area (Å²) in [6.07, 6.45) is 5.05. The molecule has 1 saturated carbocycles. The first-order valence-corrected chi connectivity index (χ1v) is 7.38. The second-order valence-corrected chi connectivity index (χ2v) is 5.38. The van der Waals surface area contributed by atoms with E-state index in [-0.39, 0.29) is 12.5 Å². The van der Waals surface area contributed by atoms with Gasteiger partial charge in [-0.2, -0.15) is 0 Å². The van der Waals surface area contributed by atoms with Crippen LogP contribution in [0.2, 0.25) is 0 Å². The highest BCUT2D eigenvalue weighted by Crippen LogP contribution is 2.28. The molecule has 0 radical (unpaired) electrons. The molecule has 6 nitrogen and oxygen atoms in total. The van der Waals surface area contributed by atoms with Crippen LogP contribution in [0.5, 0.6) is 0 Å². The zero-order chi connectivity index (χ0) is 14.8. The summed E-state index contributed by atoms with van der Waals surface area (Å²) in [6.45, 7) is 2.58. The summed E-state index contributed by atoms with van der Waals surface area (Å²) < 4.78 is 5.48. The van der Waals surface area contributed by atoms with Crippen LogP contribution in [-0.2, 0) is 9.53 Å². The van der Waals surface area contributed by atoms with Crippen molar-refractivity contribution in [1.82, 2.24) is 10.2 Å². The van der Waals surface area contributed by atoms with E-state index >= 15 is 0 Å². The number of carbonyl (C=O) groups excluding carboxylic acids is 1. The maximum Gasteiger partial charge on any atom is 0.317 e. The van der Waals surface area contributed by atoms with E-state index < -0.39 is 5.97 Å². The predicted molar refractivity (Wildman–Crippen MR) is 75.7 cm³/mol. The van der Waals surface area contributed by atoms with Crippen molar-refractivity contribution in [2.45, 2.75) is 38.5 Å². The molecule has 6 heteroatoms. The first-order valence-electron chi connectivity index (χ1n) is 7.38. The van der Waals surface area contributed by atoms with E-state index in [9.17, 15) is 9.59 Å². The van der Waals surface area contributed by atoms with Crippen LogP contribution in [0.3, 0.4) is 0 Å². The molecule has 1 rings (SSSR count). The second-order valence-electron chi connectivity index (χ2n) is 5.38. The number of carbonyl (C=O) groups is 2. The Bertz CT molecular complexity index is 306. The summed E-state index contributed by atoms with van der Waals surface area (Å²) in [5.41, 5.74) is 0. The number of nitrogens with one attached hydrogen (secondary N) is 1. The standard InChI is InChI=1S/C14H26N2O4/c1-16(9-10-20-11-12-6-7-12)14(19)15-8-4-2-3-5-13(17)18/h12H,2-11H2,1H3,(H,15,19)(H,17,18). The molecule has 0 heterocycles. The van der Waals surface area contributed by atoms with Crippen molar-refractivity contribution in [3.05, 3.63) is 0 Å². The molecular formula is C14H26N2O4. The zero-order valence-corrected chi connectivity index (χ0v) is 12.3. The third-order valence-electron chi connectivity index (χ3n) is 3.31. The minimum Gasteiger partial charge on any atom is -0.481 e. The Morgan fingerprint density at radius 2 is 2.05 bits per heavy atom. The van der Waals surface area contributed by atoms with E-state index in [1.54, 1.807) is 11.9 Å². The van der Waals surface area contributed by atoms with Crippen LogP contribution < -0.4 is 5.32 Å². The smallest absolute Gasteiger partial charge is 0.317 e. The van der Waals surface area contributed by atoms with E-state index in [0.717, 1.165) is 25.4 Å². The molecule has 1 aliphatic rings. The Hall–Kier alpha value is -1.30. The molecule has 0 atom stereocenters. The topological polar surface area (TPSA) is 78.9 Å². The molecule has 0 saturated heterocycles. The number of rotatable bonds is 11. The van der Waals surface area contributed by atoms with Crippen molar-refractivity contribution in [2.24, 2.45) is 5.92 Å². The number of ether oxygens (including phenoxy) is 1. The molecule has 0 unspecified atom stereocenters. The molecule has 1 aliphatic carbocycles. The molecular weight excluding hydrogens is 260 g/mol. The number of urea groups is 1. The summed E-state index contributed by atoms with van der Waals surface area (Å²) in [4.78, 5) is 23.6. The van der Waals surface area contributed by atoms with Crippen LogP contribution in [0.15, 0.2) is 0 Å². The van der Waals surface area contributed by atoms with E-state index in [2.05, 4.69) is 5.32 Å². The molecule has 0 aromatic heterocycles. The Morgan fingerprint density at radius 1 is 1.30 bits per heavy atom. The summed E-state index contributed by atoms with van der Waals surface area (Å²) >= 11 is 0. The third kappa shape index (κ3) is 8.74. The number of unbranched alkanes of at least 4 members (excludes halogenated alkanes) is 2. The maximum atomic E-state index is 11.7. The fourth-order valence-corrected chi connectivity index (χ4v) is 1.75.